The summed E-state index contributed by atoms with van der Waals surface area (Å²) in [5.41, 5.74) is -2.07. The molecule has 4 nitrogen and oxygen atoms in total. The van der Waals surface area contributed by atoms with Crippen molar-refractivity contribution in [2.24, 2.45) is 0 Å². The first-order valence-corrected chi connectivity index (χ1v) is 10.8. The van der Waals surface area contributed by atoms with Gasteiger partial charge in [0.25, 0.3) is 0 Å². The summed E-state index contributed by atoms with van der Waals surface area (Å²) < 4.78 is 5.43. The predicted molar refractivity (Wildman–Crippen MR) is 87.0 cm³/mol. The second-order valence-electron chi connectivity index (χ2n) is 5.27. The van der Waals surface area contributed by atoms with Crippen molar-refractivity contribution in [3.05, 3.63) is 29.3 Å². The average molecular weight is 392 g/mol. The van der Waals surface area contributed by atoms with Gasteiger partial charge < -0.3 is 14.5 Å². The van der Waals surface area contributed by atoms with Gasteiger partial charge >= 0.3 is 65.1 Å². The molecule has 9 heteroatoms. The second-order valence-corrected chi connectivity index (χ2v) is 11.1. The zero-order valence-electron chi connectivity index (χ0n) is 14.5. The Bertz CT molecular complexity index is 535. The molecule has 0 aliphatic heterocycles. The van der Waals surface area contributed by atoms with Crippen molar-refractivity contribution in [2.45, 2.75) is 39.5 Å². The first-order valence-electron chi connectivity index (χ1n) is 6.62. The number of carbonyl (C=O) groups is 1. The van der Waals surface area contributed by atoms with Crippen LogP contribution in [0.1, 0.15) is 50.7 Å². The van der Waals surface area contributed by atoms with E-state index in [-0.39, 0.29) is 76.7 Å². The summed E-state index contributed by atoms with van der Waals surface area (Å²) in [6, 6.07) is 5.77. The van der Waals surface area contributed by atoms with Gasteiger partial charge in [0.05, 0.1) is 5.75 Å². The number of carbonyl (C=O) groups excluding carboxylic acids is 1. The van der Waals surface area contributed by atoms with E-state index in [4.69, 9.17) is 4.74 Å². The minimum Gasteiger partial charge on any atom is -0.825 e. The summed E-state index contributed by atoms with van der Waals surface area (Å²) >= 11 is 4.69. The Kier molecular flexibility index (Phi) is 14.1. The Morgan fingerprint density at radius 2 is 1.61 bits per heavy atom. The largest absolute Gasteiger partial charge is 1.00 e. The number of para-hydroxylation sites is 1. The second kappa shape index (κ2) is 12.1. The molecule has 1 aromatic carbocycles. The van der Waals surface area contributed by atoms with Crippen LogP contribution in [0, 0.1) is 0 Å². The molecular weight excluding hydrogens is 373 g/mol. The maximum atomic E-state index is 11.9. The van der Waals surface area contributed by atoms with Crippen LogP contribution in [-0.4, -0.2) is 11.7 Å². The third kappa shape index (κ3) is 9.76. The topological polar surface area (TPSA) is 72.4 Å². The van der Waals surface area contributed by atoms with Crippen LogP contribution in [0.25, 0.3) is 0 Å². The summed E-state index contributed by atoms with van der Waals surface area (Å²) in [7, 11) is 0. The van der Waals surface area contributed by atoms with Crippen LogP contribution in [-0.2, 0) is 16.6 Å². The molecule has 0 N–H and O–H groups in total. The summed E-state index contributed by atoms with van der Waals surface area (Å²) in [5, 5.41) is 0. The van der Waals surface area contributed by atoms with E-state index in [0.29, 0.717) is 17.1 Å². The van der Waals surface area contributed by atoms with Crippen LogP contribution < -0.4 is 73.6 Å². The van der Waals surface area contributed by atoms with Crippen molar-refractivity contribution in [3.8, 4) is 5.75 Å². The molecule has 0 saturated carbocycles. The van der Waals surface area contributed by atoms with Crippen molar-refractivity contribution < 1.29 is 78.4 Å². The molecule has 0 saturated heterocycles. The van der Waals surface area contributed by atoms with Gasteiger partial charge in [-0.25, -0.2) is 0 Å². The van der Waals surface area contributed by atoms with Gasteiger partial charge in [-0.2, -0.15) is 5.69 Å². The van der Waals surface area contributed by atoms with E-state index < -0.39 is 11.7 Å². The molecule has 0 aliphatic rings. The number of hydrogen-bond donors (Lipinski definition) is 0. The molecule has 0 amide bonds. The monoisotopic (exact) mass is 392 g/mol. The quantitative estimate of drug-likeness (QED) is 0.217. The van der Waals surface area contributed by atoms with Crippen LogP contribution in [0.2, 0.25) is 0 Å². The van der Waals surface area contributed by atoms with E-state index in [0.717, 1.165) is 11.1 Å². The molecule has 0 fully saturated rings. The van der Waals surface area contributed by atoms with E-state index in [1.54, 1.807) is 0 Å². The minimum atomic E-state index is -3.94. The number of ether oxygens (including phenoxy) is 1. The van der Waals surface area contributed by atoms with Gasteiger partial charge in [0.2, 0.25) is 0 Å². The van der Waals surface area contributed by atoms with Crippen molar-refractivity contribution in [1.82, 2.24) is 0 Å². The third-order valence-corrected chi connectivity index (χ3v) is 5.84. The maximum Gasteiger partial charge on any atom is 1.00 e. The van der Waals surface area contributed by atoms with E-state index >= 15 is 0 Å². The van der Waals surface area contributed by atoms with Crippen molar-refractivity contribution in [1.29, 1.82) is 0 Å². The fourth-order valence-electron chi connectivity index (χ4n) is 1.88. The molecule has 0 spiro atoms. The number of benzene rings is 1. The van der Waals surface area contributed by atoms with Gasteiger partial charge in [0.1, 0.15) is 5.75 Å². The van der Waals surface area contributed by atoms with Gasteiger partial charge in [-0.05, 0) is 23.0 Å². The molecule has 1 rings (SSSR count). The molecule has 0 unspecified atom stereocenters. The Balaban J connectivity index is 0. The first-order chi connectivity index (χ1) is 9.61. The summed E-state index contributed by atoms with van der Waals surface area (Å²) in [5.74, 6) is 0.0374. The summed E-state index contributed by atoms with van der Waals surface area (Å²) in [6.07, 6.45) is 0. The normalized spacial score (nSPS) is 11.0. The fourth-order valence-corrected chi connectivity index (χ4v) is 3.46. The summed E-state index contributed by atoms with van der Waals surface area (Å²) in [4.78, 5) is 33.7. The SMILES string of the molecule is CC(C)c1cccc(C(C)C)c1OC(=O)CSP([O-])([O-])=S.[Na+].[Na+]. The van der Waals surface area contributed by atoms with Crippen LogP contribution in [0.4, 0.5) is 0 Å². The van der Waals surface area contributed by atoms with Crippen LogP contribution >= 0.6 is 17.1 Å². The Morgan fingerprint density at radius 1 is 1.17 bits per heavy atom. The standard InChI is InChI=1S/C14H21O4PS2.2Na/c1-9(2)11-6-5-7-12(10(3)4)14(11)18-13(15)8-21-19(16,17)20;;/h5-7,9-10H,8H2,1-4H3,(H2,16,17,20);;/q;2*+1/p-2. The molecule has 1 aromatic rings. The smallest absolute Gasteiger partial charge is 0.825 e. The number of rotatable bonds is 6. The molecule has 0 bridgehead atoms. The maximum absolute atomic E-state index is 11.9. The van der Waals surface area contributed by atoms with Crippen molar-refractivity contribution in [3.63, 3.8) is 0 Å². The molecule has 0 aliphatic carbocycles. The van der Waals surface area contributed by atoms with E-state index in [1.165, 1.54) is 0 Å². The number of esters is 1. The van der Waals surface area contributed by atoms with Gasteiger partial charge in [0, 0.05) is 0 Å². The van der Waals surface area contributed by atoms with Crippen molar-refractivity contribution in [2.75, 3.05) is 5.75 Å². The molecular formula is C14H19Na2O4PS2. The van der Waals surface area contributed by atoms with E-state index in [1.807, 2.05) is 45.9 Å². The van der Waals surface area contributed by atoms with Crippen molar-refractivity contribution >= 4 is 34.9 Å². The minimum absolute atomic E-state index is 0. The Hall–Kier alpha value is 1.61. The van der Waals surface area contributed by atoms with E-state index in [2.05, 4.69) is 11.8 Å². The zero-order valence-corrected chi connectivity index (χ0v) is 21.0. The predicted octanol–water partition coefficient (Wildman–Crippen LogP) is -3.47. The average Bonchev–Trinajstić information content (AvgIpc) is 2.35. The molecule has 0 radical (unpaired) electrons. The zero-order chi connectivity index (χ0) is 16.2. The van der Waals surface area contributed by atoms with E-state index in [9.17, 15) is 14.6 Å². The van der Waals surface area contributed by atoms with Crippen LogP contribution in [0.3, 0.4) is 0 Å². The molecule has 118 valence electrons. The van der Waals surface area contributed by atoms with Gasteiger partial charge in [-0.15, -0.1) is 23.2 Å². The number of hydrogen-bond acceptors (Lipinski definition) is 6. The van der Waals surface area contributed by atoms with Crippen LogP contribution in [0.15, 0.2) is 18.2 Å². The first kappa shape index (κ1) is 26.8. The summed E-state index contributed by atoms with van der Waals surface area (Å²) in [6.45, 7) is 8.06. The molecule has 0 heterocycles. The third-order valence-electron chi connectivity index (χ3n) is 2.88. The molecule has 23 heavy (non-hydrogen) atoms. The van der Waals surface area contributed by atoms with Crippen LogP contribution in [0.5, 0.6) is 5.75 Å². The van der Waals surface area contributed by atoms with Gasteiger partial charge in [0.15, 0.2) is 0 Å². The fraction of sp³-hybridized carbons (Fsp3) is 0.500. The van der Waals surface area contributed by atoms with Gasteiger partial charge in [-0.1, -0.05) is 45.9 Å². The molecule has 0 atom stereocenters. The van der Waals surface area contributed by atoms with Gasteiger partial charge in [-0.3, -0.25) is 4.79 Å². The molecule has 0 aromatic heterocycles. The Labute approximate surface area is 191 Å². The Morgan fingerprint density at radius 3 is 1.96 bits per heavy atom.